The van der Waals surface area contributed by atoms with E-state index < -0.39 is 5.97 Å². The van der Waals surface area contributed by atoms with E-state index >= 15 is 0 Å². The Morgan fingerprint density at radius 1 is 1.33 bits per heavy atom. The lowest BCUT2D eigenvalue weighted by Gasteiger charge is -2.16. The van der Waals surface area contributed by atoms with Crippen molar-refractivity contribution in [3.63, 3.8) is 0 Å². The summed E-state index contributed by atoms with van der Waals surface area (Å²) in [5, 5.41) is 11.5. The molecule has 5 heteroatoms. The number of nitrogens with zero attached hydrogens (tertiary/aromatic N) is 1. The molecule has 114 valence electrons. The van der Waals surface area contributed by atoms with Crippen molar-refractivity contribution in [3.05, 3.63) is 29.8 Å². The fourth-order valence-corrected chi connectivity index (χ4v) is 2.77. The van der Waals surface area contributed by atoms with Gasteiger partial charge in [-0.05, 0) is 43.0 Å². The van der Waals surface area contributed by atoms with Gasteiger partial charge in [0.15, 0.2) is 0 Å². The Balaban J connectivity index is 1.80. The van der Waals surface area contributed by atoms with E-state index in [0.29, 0.717) is 5.92 Å². The first kappa shape index (κ1) is 15.5. The average Bonchev–Trinajstić information content (AvgIpc) is 2.86. The van der Waals surface area contributed by atoms with Gasteiger partial charge >= 0.3 is 5.97 Å². The van der Waals surface area contributed by atoms with Crippen LogP contribution >= 0.6 is 0 Å². The molecule has 0 radical (unpaired) electrons. The van der Waals surface area contributed by atoms with Crippen LogP contribution in [0.15, 0.2) is 24.3 Å². The van der Waals surface area contributed by atoms with Gasteiger partial charge in [0.2, 0.25) is 5.91 Å². The zero-order valence-corrected chi connectivity index (χ0v) is 12.3. The number of nitrogens with one attached hydrogen (secondary N) is 1. The SMILES string of the molecule is CC(=O)Nc1ccc(CN2CCC(CCC(=O)O)C2)cc1. The first-order valence-electron chi connectivity index (χ1n) is 7.33. The van der Waals surface area contributed by atoms with Crippen LogP contribution in [0.25, 0.3) is 0 Å². The fraction of sp³-hybridized carbons (Fsp3) is 0.500. The number of amides is 1. The first-order chi connectivity index (χ1) is 10.0. The van der Waals surface area contributed by atoms with Crippen LogP contribution in [0.4, 0.5) is 5.69 Å². The molecule has 1 fully saturated rings. The molecule has 21 heavy (non-hydrogen) atoms. The molecule has 0 aliphatic carbocycles. The highest BCUT2D eigenvalue weighted by Gasteiger charge is 2.22. The normalized spacial score (nSPS) is 18.6. The van der Waals surface area contributed by atoms with E-state index in [1.54, 1.807) is 0 Å². The van der Waals surface area contributed by atoms with Crippen molar-refractivity contribution in [2.24, 2.45) is 5.92 Å². The lowest BCUT2D eigenvalue weighted by molar-refractivity contribution is -0.137. The number of likely N-dealkylation sites (tertiary alicyclic amines) is 1. The number of carbonyl (C=O) groups is 2. The third kappa shape index (κ3) is 5.19. The minimum Gasteiger partial charge on any atom is -0.481 e. The molecule has 1 aliphatic rings. The van der Waals surface area contributed by atoms with E-state index in [-0.39, 0.29) is 12.3 Å². The summed E-state index contributed by atoms with van der Waals surface area (Å²) in [6, 6.07) is 7.87. The van der Waals surface area contributed by atoms with Crippen molar-refractivity contribution < 1.29 is 14.7 Å². The minimum absolute atomic E-state index is 0.0661. The fourth-order valence-electron chi connectivity index (χ4n) is 2.77. The van der Waals surface area contributed by atoms with Crippen LogP contribution in [0.2, 0.25) is 0 Å². The smallest absolute Gasteiger partial charge is 0.303 e. The molecule has 1 heterocycles. The number of rotatable bonds is 6. The van der Waals surface area contributed by atoms with Gasteiger partial charge in [0.25, 0.3) is 0 Å². The number of hydrogen-bond donors (Lipinski definition) is 2. The highest BCUT2D eigenvalue weighted by Crippen LogP contribution is 2.23. The second-order valence-corrected chi connectivity index (χ2v) is 5.70. The maximum atomic E-state index is 11.0. The third-order valence-corrected chi connectivity index (χ3v) is 3.82. The van der Waals surface area contributed by atoms with Crippen LogP contribution in [0.5, 0.6) is 0 Å². The zero-order valence-electron chi connectivity index (χ0n) is 12.3. The molecule has 1 aromatic carbocycles. The summed E-state index contributed by atoms with van der Waals surface area (Å²) >= 11 is 0. The van der Waals surface area contributed by atoms with Crippen molar-refractivity contribution in [1.29, 1.82) is 0 Å². The summed E-state index contributed by atoms with van der Waals surface area (Å²) in [6.45, 7) is 4.37. The Morgan fingerprint density at radius 3 is 2.67 bits per heavy atom. The Kier molecular flexibility index (Phi) is 5.33. The van der Waals surface area contributed by atoms with E-state index in [4.69, 9.17) is 5.11 Å². The van der Waals surface area contributed by atoms with Crippen LogP contribution in [0, 0.1) is 5.92 Å². The molecular weight excluding hydrogens is 268 g/mol. The molecule has 2 N–H and O–H groups in total. The molecule has 1 saturated heterocycles. The molecule has 1 atom stereocenters. The topological polar surface area (TPSA) is 69.6 Å². The molecule has 5 nitrogen and oxygen atoms in total. The summed E-state index contributed by atoms with van der Waals surface area (Å²) in [6.07, 6.45) is 2.12. The maximum Gasteiger partial charge on any atom is 0.303 e. The van der Waals surface area contributed by atoms with E-state index in [1.807, 2.05) is 24.3 Å². The van der Waals surface area contributed by atoms with Gasteiger partial charge in [-0.15, -0.1) is 0 Å². The monoisotopic (exact) mass is 290 g/mol. The van der Waals surface area contributed by atoms with Gasteiger partial charge in [0.1, 0.15) is 0 Å². The molecule has 1 aromatic rings. The summed E-state index contributed by atoms with van der Waals surface area (Å²) in [5.74, 6) is -0.273. The second-order valence-electron chi connectivity index (χ2n) is 5.70. The molecule has 1 unspecified atom stereocenters. The summed E-state index contributed by atoms with van der Waals surface area (Å²) in [5.41, 5.74) is 2.02. The van der Waals surface area contributed by atoms with Gasteiger partial charge in [-0.3, -0.25) is 14.5 Å². The highest BCUT2D eigenvalue weighted by molar-refractivity contribution is 5.88. The number of benzene rings is 1. The number of carboxylic acid groups (broad SMARTS) is 1. The van der Waals surface area contributed by atoms with Crippen molar-refractivity contribution in [3.8, 4) is 0 Å². The molecule has 0 bridgehead atoms. The van der Waals surface area contributed by atoms with E-state index in [9.17, 15) is 9.59 Å². The van der Waals surface area contributed by atoms with Crippen LogP contribution in [-0.4, -0.2) is 35.0 Å². The molecule has 0 spiro atoms. The molecule has 0 aromatic heterocycles. The van der Waals surface area contributed by atoms with Gasteiger partial charge in [-0.1, -0.05) is 12.1 Å². The number of hydrogen-bond acceptors (Lipinski definition) is 3. The minimum atomic E-state index is -0.706. The molecular formula is C16H22N2O3. The van der Waals surface area contributed by atoms with Crippen LogP contribution in [0.3, 0.4) is 0 Å². The number of carboxylic acids is 1. The Morgan fingerprint density at radius 2 is 2.05 bits per heavy atom. The predicted molar refractivity (Wildman–Crippen MR) is 81.0 cm³/mol. The van der Waals surface area contributed by atoms with Crippen molar-refractivity contribution >= 4 is 17.6 Å². The number of anilines is 1. The van der Waals surface area contributed by atoms with E-state index in [0.717, 1.165) is 38.2 Å². The highest BCUT2D eigenvalue weighted by atomic mass is 16.4. The van der Waals surface area contributed by atoms with Gasteiger partial charge in [-0.2, -0.15) is 0 Å². The largest absolute Gasteiger partial charge is 0.481 e. The van der Waals surface area contributed by atoms with Crippen LogP contribution < -0.4 is 5.32 Å². The Labute approximate surface area is 125 Å². The molecule has 2 rings (SSSR count). The average molecular weight is 290 g/mol. The van der Waals surface area contributed by atoms with Crippen molar-refractivity contribution in [2.45, 2.75) is 32.7 Å². The summed E-state index contributed by atoms with van der Waals surface area (Å²) in [4.78, 5) is 23.9. The Hall–Kier alpha value is -1.88. The Bertz CT molecular complexity index is 499. The van der Waals surface area contributed by atoms with Crippen LogP contribution in [0.1, 0.15) is 31.7 Å². The molecule has 0 saturated carbocycles. The standard InChI is InChI=1S/C16H22N2O3/c1-12(19)17-15-5-2-13(3-6-15)10-18-9-8-14(11-18)4-7-16(20)21/h2-3,5-6,14H,4,7-11H2,1H3,(H,17,19)(H,20,21). The third-order valence-electron chi connectivity index (χ3n) is 3.82. The lowest BCUT2D eigenvalue weighted by Crippen LogP contribution is -2.20. The predicted octanol–water partition coefficient (Wildman–Crippen LogP) is 2.33. The molecule has 1 aliphatic heterocycles. The number of aliphatic carboxylic acids is 1. The maximum absolute atomic E-state index is 11.0. The van der Waals surface area contributed by atoms with Gasteiger partial charge in [-0.25, -0.2) is 0 Å². The van der Waals surface area contributed by atoms with Crippen molar-refractivity contribution in [2.75, 3.05) is 18.4 Å². The quantitative estimate of drug-likeness (QED) is 0.843. The van der Waals surface area contributed by atoms with E-state index in [1.165, 1.54) is 12.5 Å². The van der Waals surface area contributed by atoms with Crippen molar-refractivity contribution in [1.82, 2.24) is 4.90 Å². The van der Waals surface area contributed by atoms with Gasteiger partial charge in [0.05, 0.1) is 0 Å². The molecule has 1 amide bonds. The lowest BCUT2D eigenvalue weighted by atomic mass is 10.0. The zero-order chi connectivity index (χ0) is 15.2. The summed E-state index contributed by atoms with van der Waals surface area (Å²) in [7, 11) is 0. The van der Waals surface area contributed by atoms with Gasteiger partial charge in [0, 0.05) is 32.1 Å². The number of carbonyl (C=O) groups excluding carboxylic acids is 1. The van der Waals surface area contributed by atoms with Gasteiger partial charge < -0.3 is 10.4 Å². The summed E-state index contributed by atoms with van der Waals surface area (Å²) < 4.78 is 0. The van der Waals surface area contributed by atoms with Crippen LogP contribution in [-0.2, 0) is 16.1 Å². The second kappa shape index (κ2) is 7.22. The first-order valence-corrected chi connectivity index (χ1v) is 7.33. The van der Waals surface area contributed by atoms with E-state index in [2.05, 4.69) is 10.2 Å².